The van der Waals surface area contributed by atoms with Gasteiger partial charge in [0.2, 0.25) is 0 Å². The fourth-order valence-electron chi connectivity index (χ4n) is 2.53. The van der Waals surface area contributed by atoms with E-state index < -0.39 is 0 Å². The Morgan fingerprint density at radius 3 is 3.00 bits per heavy atom. The highest BCUT2D eigenvalue weighted by Gasteiger charge is 2.21. The lowest BCUT2D eigenvalue weighted by molar-refractivity contribution is 0.352. The molecule has 1 aliphatic heterocycles. The zero-order chi connectivity index (χ0) is 14.3. The van der Waals surface area contributed by atoms with Gasteiger partial charge in [0, 0.05) is 21.8 Å². The van der Waals surface area contributed by atoms with Crippen molar-refractivity contribution in [2.24, 2.45) is 5.73 Å². The first-order valence-electron chi connectivity index (χ1n) is 6.49. The summed E-state index contributed by atoms with van der Waals surface area (Å²) in [5, 5.41) is 2.86. The third-order valence-corrected chi connectivity index (χ3v) is 5.83. The lowest BCUT2D eigenvalue weighted by Crippen LogP contribution is -2.13. The van der Waals surface area contributed by atoms with Crippen LogP contribution in [0.1, 0.15) is 27.6 Å². The van der Waals surface area contributed by atoms with Crippen LogP contribution in [-0.4, -0.2) is 6.61 Å². The summed E-state index contributed by atoms with van der Waals surface area (Å²) in [5.74, 6) is 1.01. The Hall–Kier alpha value is -0.550. The van der Waals surface area contributed by atoms with Crippen LogP contribution >= 0.6 is 38.9 Å². The van der Waals surface area contributed by atoms with Crippen molar-refractivity contribution in [1.29, 1.82) is 0 Å². The molecule has 0 amide bonds. The predicted octanol–water partition coefficient (Wildman–Crippen LogP) is 4.65. The monoisotopic (exact) mass is 371 g/mol. The molecule has 2 heterocycles. The first kappa shape index (κ1) is 14.4. The van der Waals surface area contributed by atoms with Gasteiger partial charge in [-0.3, -0.25) is 0 Å². The second-order valence-corrected chi connectivity index (χ2v) is 7.26. The lowest BCUT2D eigenvalue weighted by atomic mass is 10.0. The molecule has 0 bridgehead atoms. The Morgan fingerprint density at radius 1 is 1.50 bits per heavy atom. The second-order valence-electron chi connectivity index (χ2n) is 5.06. The van der Waals surface area contributed by atoms with Crippen LogP contribution in [0, 0.1) is 6.92 Å². The number of benzene rings is 1. The first-order valence-corrected chi connectivity index (χ1v) is 8.54. The molecule has 1 unspecified atom stereocenters. The van der Waals surface area contributed by atoms with Gasteiger partial charge in [0.1, 0.15) is 5.75 Å². The number of aryl methyl sites for hydroxylation is 1. The van der Waals surface area contributed by atoms with Crippen molar-refractivity contribution in [1.82, 2.24) is 0 Å². The summed E-state index contributed by atoms with van der Waals surface area (Å²) in [6.45, 7) is 2.77. The quantitative estimate of drug-likeness (QED) is 0.851. The van der Waals surface area contributed by atoms with Crippen molar-refractivity contribution in [2.75, 3.05) is 6.61 Å². The number of hydrogen-bond donors (Lipinski definition) is 1. The van der Waals surface area contributed by atoms with Crippen LogP contribution in [-0.2, 0) is 12.8 Å². The second kappa shape index (κ2) is 5.68. The molecule has 1 aromatic carbocycles. The van der Waals surface area contributed by atoms with Crippen LogP contribution in [0.4, 0.5) is 0 Å². The maximum atomic E-state index is 6.34. The number of nitrogens with two attached hydrogens (primary N) is 1. The molecule has 106 valence electrons. The minimum absolute atomic E-state index is 0.0937. The van der Waals surface area contributed by atoms with Gasteiger partial charge in [-0.1, -0.05) is 27.5 Å². The number of ether oxygens (including phenoxy) is 1. The van der Waals surface area contributed by atoms with Gasteiger partial charge in [0.15, 0.2) is 0 Å². The molecule has 1 aromatic heterocycles. The van der Waals surface area contributed by atoms with Gasteiger partial charge in [0.25, 0.3) is 0 Å². The van der Waals surface area contributed by atoms with Crippen molar-refractivity contribution in [3.05, 3.63) is 48.6 Å². The highest BCUT2D eigenvalue weighted by Crippen LogP contribution is 2.37. The Bertz CT molecular complexity index is 656. The molecule has 1 atom stereocenters. The van der Waals surface area contributed by atoms with Crippen LogP contribution in [0.5, 0.6) is 5.75 Å². The number of rotatable bonds is 3. The Balaban J connectivity index is 1.90. The topological polar surface area (TPSA) is 35.2 Å². The van der Waals surface area contributed by atoms with Crippen molar-refractivity contribution in [2.45, 2.75) is 25.8 Å². The molecule has 0 spiro atoms. The van der Waals surface area contributed by atoms with E-state index in [-0.39, 0.29) is 6.04 Å². The van der Waals surface area contributed by atoms with Gasteiger partial charge >= 0.3 is 0 Å². The standard InChI is InChI=1S/C15H15BrClNOS/c1-8-7-20-15(13(8)17)12(18)6-10-5-11(16)4-9-2-3-19-14(9)10/h4-5,7,12H,2-3,6,18H2,1H3. The van der Waals surface area contributed by atoms with Crippen LogP contribution < -0.4 is 10.5 Å². The third-order valence-electron chi connectivity index (χ3n) is 3.53. The molecule has 2 N–H and O–H groups in total. The van der Waals surface area contributed by atoms with E-state index in [2.05, 4.69) is 33.4 Å². The molecular weight excluding hydrogens is 358 g/mol. The number of fused-ring (bicyclic) bond motifs is 1. The summed E-state index contributed by atoms with van der Waals surface area (Å²) in [6.07, 6.45) is 1.71. The maximum absolute atomic E-state index is 6.34. The van der Waals surface area contributed by atoms with Gasteiger partial charge in [-0.25, -0.2) is 0 Å². The van der Waals surface area contributed by atoms with E-state index in [1.165, 1.54) is 5.56 Å². The Kier molecular flexibility index (Phi) is 4.09. The highest BCUT2D eigenvalue weighted by molar-refractivity contribution is 9.10. The average molecular weight is 373 g/mol. The SMILES string of the molecule is Cc1csc(C(N)Cc2cc(Br)cc3c2OCC3)c1Cl. The largest absolute Gasteiger partial charge is 0.493 e. The fraction of sp³-hybridized carbons (Fsp3) is 0.333. The summed E-state index contributed by atoms with van der Waals surface area (Å²) < 4.78 is 6.83. The van der Waals surface area contributed by atoms with Crippen molar-refractivity contribution >= 4 is 38.9 Å². The molecule has 20 heavy (non-hydrogen) atoms. The average Bonchev–Trinajstić information content (AvgIpc) is 2.97. The summed E-state index contributed by atoms with van der Waals surface area (Å²) >= 11 is 11.5. The van der Waals surface area contributed by atoms with Gasteiger partial charge in [-0.15, -0.1) is 11.3 Å². The van der Waals surface area contributed by atoms with Gasteiger partial charge in [-0.2, -0.15) is 0 Å². The molecule has 5 heteroatoms. The normalized spacial score (nSPS) is 15.0. The molecule has 0 fully saturated rings. The number of halogens is 2. The maximum Gasteiger partial charge on any atom is 0.125 e. The molecule has 0 saturated carbocycles. The van der Waals surface area contributed by atoms with Crippen LogP contribution in [0.15, 0.2) is 22.0 Å². The van der Waals surface area contributed by atoms with Crippen LogP contribution in [0.2, 0.25) is 5.02 Å². The molecule has 0 aliphatic carbocycles. The van der Waals surface area contributed by atoms with E-state index in [0.29, 0.717) is 0 Å². The third kappa shape index (κ3) is 2.62. The summed E-state index contributed by atoms with van der Waals surface area (Å²) in [6, 6.07) is 4.13. The first-order chi connectivity index (χ1) is 9.56. The molecular formula is C15H15BrClNOS. The minimum atomic E-state index is -0.0937. The molecule has 3 rings (SSSR count). The zero-order valence-corrected chi connectivity index (χ0v) is 14.2. The van der Waals surface area contributed by atoms with Crippen LogP contribution in [0.25, 0.3) is 0 Å². The lowest BCUT2D eigenvalue weighted by Gasteiger charge is -2.14. The number of thiophene rings is 1. The molecule has 2 nitrogen and oxygen atoms in total. The van der Waals surface area contributed by atoms with Gasteiger partial charge in [-0.05, 0) is 47.5 Å². The van der Waals surface area contributed by atoms with E-state index in [1.807, 2.05) is 6.92 Å². The van der Waals surface area contributed by atoms with E-state index in [0.717, 1.165) is 50.7 Å². The molecule has 2 aromatic rings. The molecule has 0 saturated heterocycles. The van der Waals surface area contributed by atoms with Crippen LogP contribution in [0.3, 0.4) is 0 Å². The van der Waals surface area contributed by atoms with Crippen molar-refractivity contribution < 1.29 is 4.74 Å². The smallest absolute Gasteiger partial charge is 0.125 e. The minimum Gasteiger partial charge on any atom is -0.493 e. The molecule has 1 aliphatic rings. The van der Waals surface area contributed by atoms with E-state index >= 15 is 0 Å². The highest BCUT2D eigenvalue weighted by atomic mass is 79.9. The van der Waals surface area contributed by atoms with E-state index in [4.69, 9.17) is 22.1 Å². The van der Waals surface area contributed by atoms with E-state index in [9.17, 15) is 0 Å². The van der Waals surface area contributed by atoms with Crippen molar-refractivity contribution in [3.8, 4) is 5.75 Å². The zero-order valence-electron chi connectivity index (χ0n) is 11.1. The summed E-state index contributed by atoms with van der Waals surface area (Å²) in [7, 11) is 0. The van der Waals surface area contributed by atoms with Gasteiger partial charge < -0.3 is 10.5 Å². The number of hydrogen-bond acceptors (Lipinski definition) is 3. The molecule has 0 radical (unpaired) electrons. The Morgan fingerprint density at radius 2 is 2.30 bits per heavy atom. The Labute approximate surface area is 136 Å². The van der Waals surface area contributed by atoms with Crippen molar-refractivity contribution in [3.63, 3.8) is 0 Å². The van der Waals surface area contributed by atoms with E-state index in [1.54, 1.807) is 11.3 Å². The summed E-state index contributed by atoms with van der Waals surface area (Å²) in [5.41, 5.74) is 9.85. The van der Waals surface area contributed by atoms with Gasteiger partial charge in [0.05, 0.1) is 11.6 Å². The predicted molar refractivity (Wildman–Crippen MR) is 88.0 cm³/mol. The fourth-order valence-corrected chi connectivity index (χ4v) is 4.42. The summed E-state index contributed by atoms with van der Waals surface area (Å²) in [4.78, 5) is 1.05.